The Morgan fingerprint density at radius 1 is 1.63 bits per heavy atom. The van der Waals surface area contributed by atoms with E-state index in [1.54, 1.807) is 6.20 Å². The topological polar surface area (TPSA) is 45.2 Å². The average molecular weight is 279 g/mol. The molecule has 0 spiro atoms. The Morgan fingerprint density at radius 3 is 3.21 bits per heavy atom. The van der Waals surface area contributed by atoms with E-state index in [0.29, 0.717) is 10.9 Å². The van der Waals surface area contributed by atoms with Crippen molar-refractivity contribution in [3.8, 4) is 0 Å². The average Bonchev–Trinajstić information content (AvgIpc) is 2.44. The van der Waals surface area contributed by atoms with E-state index in [9.17, 15) is 4.79 Å². The molecule has 0 radical (unpaired) electrons. The molecule has 0 bridgehead atoms. The lowest BCUT2D eigenvalue weighted by Crippen LogP contribution is -2.41. The summed E-state index contributed by atoms with van der Waals surface area (Å²) in [5.41, 5.74) is 1.51. The first-order chi connectivity index (χ1) is 9.20. The van der Waals surface area contributed by atoms with E-state index < -0.39 is 0 Å². The van der Waals surface area contributed by atoms with Crippen LogP contribution in [0.1, 0.15) is 30.8 Å². The summed E-state index contributed by atoms with van der Waals surface area (Å²) in [7, 11) is 0. The highest BCUT2D eigenvalue weighted by atomic mass is 32.2. The molecule has 1 saturated heterocycles. The fourth-order valence-electron chi connectivity index (χ4n) is 2.09. The molecule has 0 saturated carbocycles. The SMILES string of the molecule is CCCNc1ccnc(C(=O)N2CCSC(C)C2)c1. The zero-order valence-corrected chi connectivity index (χ0v) is 12.4. The number of carbonyl (C=O) groups is 1. The number of hydrogen-bond donors (Lipinski definition) is 1. The van der Waals surface area contributed by atoms with Gasteiger partial charge in [-0.2, -0.15) is 11.8 Å². The highest BCUT2D eigenvalue weighted by Gasteiger charge is 2.23. The largest absolute Gasteiger partial charge is 0.385 e. The number of pyridine rings is 1. The summed E-state index contributed by atoms with van der Waals surface area (Å²) in [5.74, 6) is 1.06. The van der Waals surface area contributed by atoms with E-state index in [0.717, 1.165) is 37.5 Å². The Bertz CT molecular complexity index is 438. The van der Waals surface area contributed by atoms with E-state index in [-0.39, 0.29) is 5.91 Å². The third-order valence-corrected chi connectivity index (χ3v) is 4.22. The molecule has 19 heavy (non-hydrogen) atoms. The summed E-state index contributed by atoms with van der Waals surface area (Å²) in [6.45, 7) is 6.83. The summed E-state index contributed by atoms with van der Waals surface area (Å²) in [4.78, 5) is 18.5. The lowest BCUT2D eigenvalue weighted by molar-refractivity contribution is 0.0757. The monoisotopic (exact) mass is 279 g/mol. The van der Waals surface area contributed by atoms with Gasteiger partial charge in [-0.05, 0) is 18.6 Å². The van der Waals surface area contributed by atoms with Crippen LogP contribution < -0.4 is 5.32 Å². The van der Waals surface area contributed by atoms with Crippen molar-refractivity contribution in [2.24, 2.45) is 0 Å². The van der Waals surface area contributed by atoms with Crippen LogP contribution in [0.4, 0.5) is 5.69 Å². The van der Waals surface area contributed by atoms with Crippen molar-refractivity contribution in [3.63, 3.8) is 0 Å². The van der Waals surface area contributed by atoms with Gasteiger partial charge in [-0.15, -0.1) is 0 Å². The quantitative estimate of drug-likeness (QED) is 0.919. The Morgan fingerprint density at radius 2 is 2.47 bits per heavy atom. The van der Waals surface area contributed by atoms with Crippen LogP contribution in [0.25, 0.3) is 0 Å². The van der Waals surface area contributed by atoms with Crippen molar-refractivity contribution in [2.75, 3.05) is 30.7 Å². The van der Waals surface area contributed by atoms with Gasteiger partial charge in [0.15, 0.2) is 0 Å². The van der Waals surface area contributed by atoms with Crippen LogP contribution in [0.15, 0.2) is 18.3 Å². The fraction of sp³-hybridized carbons (Fsp3) is 0.571. The normalized spacial score (nSPS) is 19.3. The molecule has 1 aliphatic heterocycles. The molecular weight excluding hydrogens is 258 g/mol. The minimum absolute atomic E-state index is 0.0484. The van der Waals surface area contributed by atoms with Crippen molar-refractivity contribution < 1.29 is 4.79 Å². The maximum Gasteiger partial charge on any atom is 0.272 e. The van der Waals surface area contributed by atoms with E-state index in [1.807, 2.05) is 28.8 Å². The van der Waals surface area contributed by atoms with Gasteiger partial charge in [-0.3, -0.25) is 9.78 Å². The molecule has 1 aromatic rings. The molecule has 4 nitrogen and oxygen atoms in total. The summed E-state index contributed by atoms with van der Waals surface area (Å²) in [5, 5.41) is 3.80. The van der Waals surface area contributed by atoms with Gasteiger partial charge in [0.1, 0.15) is 5.69 Å². The molecule has 0 aliphatic carbocycles. The van der Waals surface area contributed by atoms with Crippen LogP contribution in [-0.2, 0) is 0 Å². The number of amides is 1. The molecule has 2 rings (SSSR count). The minimum Gasteiger partial charge on any atom is -0.385 e. The second-order valence-electron chi connectivity index (χ2n) is 4.79. The van der Waals surface area contributed by atoms with Crippen LogP contribution in [0.3, 0.4) is 0 Å². The minimum atomic E-state index is 0.0484. The molecule has 0 aromatic carbocycles. The zero-order chi connectivity index (χ0) is 13.7. The first-order valence-corrected chi connectivity index (χ1v) is 7.86. The van der Waals surface area contributed by atoms with Gasteiger partial charge in [0.2, 0.25) is 0 Å². The van der Waals surface area contributed by atoms with Crippen LogP contribution in [0, 0.1) is 0 Å². The van der Waals surface area contributed by atoms with Gasteiger partial charge in [-0.1, -0.05) is 13.8 Å². The number of carbonyl (C=O) groups excluding carboxylic acids is 1. The first-order valence-electron chi connectivity index (χ1n) is 6.81. The predicted octanol–water partition coefficient (Wildman–Crippen LogP) is 2.48. The van der Waals surface area contributed by atoms with Crippen LogP contribution in [0.2, 0.25) is 0 Å². The molecule has 1 atom stereocenters. The van der Waals surface area contributed by atoms with E-state index in [2.05, 4.69) is 24.1 Å². The number of nitrogens with one attached hydrogen (secondary N) is 1. The predicted molar refractivity (Wildman–Crippen MR) is 80.8 cm³/mol. The number of rotatable bonds is 4. The summed E-state index contributed by atoms with van der Waals surface area (Å²) >= 11 is 1.92. The molecule has 1 unspecified atom stereocenters. The summed E-state index contributed by atoms with van der Waals surface area (Å²) < 4.78 is 0. The molecule has 1 aliphatic rings. The maximum atomic E-state index is 12.4. The van der Waals surface area contributed by atoms with Gasteiger partial charge in [0, 0.05) is 42.5 Å². The van der Waals surface area contributed by atoms with Gasteiger partial charge >= 0.3 is 0 Å². The third-order valence-electron chi connectivity index (χ3n) is 3.09. The number of aromatic nitrogens is 1. The van der Waals surface area contributed by atoms with Gasteiger partial charge in [-0.25, -0.2) is 0 Å². The number of hydrogen-bond acceptors (Lipinski definition) is 4. The van der Waals surface area contributed by atoms with Crippen molar-refractivity contribution in [2.45, 2.75) is 25.5 Å². The highest BCUT2D eigenvalue weighted by Crippen LogP contribution is 2.19. The molecule has 5 heteroatoms. The second-order valence-corrected chi connectivity index (χ2v) is 6.34. The third kappa shape index (κ3) is 3.86. The van der Waals surface area contributed by atoms with Gasteiger partial charge < -0.3 is 10.2 Å². The lowest BCUT2D eigenvalue weighted by Gasteiger charge is -2.30. The van der Waals surface area contributed by atoms with Crippen molar-refractivity contribution >= 4 is 23.4 Å². The molecular formula is C14H21N3OS. The standard InChI is InChI=1S/C14H21N3OS/c1-3-5-15-12-4-6-16-13(9-12)14(18)17-7-8-19-11(2)10-17/h4,6,9,11H,3,5,7-8,10H2,1-2H3,(H,15,16). The van der Waals surface area contributed by atoms with Crippen LogP contribution in [-0.4, -0.2) is 46.4 Å². The number of nitrogens with zero attached hydrogens (tertiary/aromatic N) is 2. The highest BCUT2D eigenvalue weighted by molar-refractivity contribution is 7.99. The Kier molecular flexibility index (Phi) is 5.07. The van der Waals surface area contributed by atoms with Crippen LogP contribution >= 0.6 is 11.8 Å². The Labute approximate surface area is 119 Å². The number of anilines is 1. The molecule has 1 aromatic heterocycles. The second kappa shape index (κ2) is 6.80. The fourth-order valence-corrected chi connectivity index (χ4v) is 3.11. The molecule has 1 N–H and O–H groups in total. The molecule has 1 amide bonds. The first kappa shape index (κ1) is 14.2. The Balaban J connectivity index is 2.05. The lowest BCUT2D eigenvalue weighted by atomic mass is 10.2. The maximum absolute atomic E-state index is 12.4. The molecule has 2 heterocycles. The number of thioether (sulfide) groups is 1. The zero-order valence-electron chi connectivity index (χ0n) is 11.6. The molecule has 104 valence electrons. The van der Waals surface area contributed by atoms with Gasteiger partial charge in [0.25, 0.3) is 5.91 Å². The molecule has 1 fully saturated rings. The Hall–Kier alpha value is -1.23. The van der Waals surface area contributed by atoms with Crippen LogP contribution in [0.5, 0.6) is 0 Å². The van der Waals surface area contributed by atoms with Crippen molar-refractivity contribution in [1.82, 2.24) is 9.88 Å². The van der Waals surface area contributed by atoms with Gasteiger partial charge in [0.05, 0.1) is 0 Å². The van der Waals surface area contributed by atoms with E-state index >= 15 is 0 Å². The summed E-state index contributed by atoms with van der Waals surface area (Å²) in [6.07, 6.45) is 2.76. The van der Waals surface area contributed by atoms with E-state index in [1.165, 1.54) is 0 Å². The smallest absolute Gasteiger partial charge is 0.272 e. The summed E-state index contributed by atoms with van der Waals surface area (Å²) in [6, 6.07) is 3.76. The van der Waals surface area contributed by atoms with E-state index in [4.69, 9.17) is 0 Å². The van der Waals surface area contributed by atoms with Crippen molar-refractivity contribution in [3.05, 3.63) is 24.0 Å². The van der Waals surface area contributed by atoms with Crippen molar-refractivity contribution in [1.29, 1.82) is 0 Å².